The van der Waals surface area contributed by atoms with Gasteiger partial charge in [-0.25, -0.2) is 9.48 Å². The molecular formula is C19H22N8O6S3. The van der Waals surface area contributed by atoms with Gasteiger partial charge in [-0.2, -0.15) is 0 Å². The second kappa shape index (κ2) is 10.9. The van der Waals surface area contributed by atoms with Gasteiger partial charge in [0.25, 0.3) is 5.91 Å². The standard InChI is InChI=1S/C19H22N8O6S3/c1-19(2,3)17(31)33-9-32-16(30)13-10(6-35-18-23-21-8-36-18)5-34-15-12(14(29)27(13)15)22-11(28)4-26-7-20-24-25-26/h7-8,12,15H,4-6,9H2,1-3H3,(H,22,28). The van der Waals surface area contributed by atoms with Gasteiger partial charge in [0, 0.05) is 11.5 Å². The van der Waals surface area contributed by atoms with Crippen molar-refractivity contribution in [3.05, 3.63) is 23.1 Å². The Morgan fingerprint density at radius 1 is 1.25 bits per heavy atom. The van der Waals surface area contributed by atoms with Crippen molar-refractivity contribution in [1.29, 1.82) is 0 Å². The van der Waals surface area contributed by atoms with Crippen LogP contribution in [0.3, 0.4) is 0 Å². The number of nitrogens with zero attached hydrogens (tertiary/aromatic N) is 7. The SMILES string of the molecule is CC(C)(C)C(=O)OCOC(=O)C1=C(CSc2nncs2)CSC2C(NC(=O)Cn3cnnn3)C(=O)N12. The summed E-state index contributed by atoms with van der Waals surface area (Å²) in [5, 5.41) is 20.5. The second-order valence-corrected chi connectivity index (χ2v) is 11.8. The molecule has 0 aliphatic carbocycles. The van der Waals surface area contributed by atoms with Crippen molar-refractivity contribution in [3.63, 3.8) is 0 Å². The molecule has 0 bridgehead atoms. The summed E-state index contributed by atoms with van der Waals surface area (Å²) in [6.07, 6.45) is 1.29. The van der Waals surface area contributed by atoms with E-state index in [-0.39, 0.29) is 12.2 Å². The van der Waals surface area contributed by atoms with E-state index in [0.29, 0.717) is 21.4 Å². The van der Waals surface area contributed by atoms with E-state index in [0.717, 1.165) is 0 Å². The highest BCUT2D eigenvalue weighted by Gasteiger charge is 2.54. The van der Waals surface area contributed by atoms with Crippen LogP contribution in [0.15, 0.2) is 27.4 Å². The lowest BCUT2D eigenvalue weighted by Crippen LogP contribution is -2.70. The third-order valence-electron chi connectivity index (χ3n) is 4.96. The number of aromatic nitrogens is 6. The first-order valence-corrected chi connectivity index (χ1v) is 13.5. The minimum atomic E-state index is -0.821. The van der Waals surface area contributed by atoms with E-state index in [1.165, 1.54) is 50.8 Å². The molecule has 1 fully saturated rings. The molecule has 2 aliphatic rings. The van der Waals surface area contributed by atoms with Gasteiger partial charge < -0.3 is 14.8 Å². The van der Waals surface area contributed by atoms with Gasteiger partial charge in [-0.3, -0.25) is 19.3 Å². The van der Waals surface area contributed by atoms with Gasteiger partial charge in [0.1, 0.15) is 35.5 Å². The maximum absolute atomic E-state index is 13.1. The highest BCUT2D eigenvalue weighted by molar-refractivity contribution is 8.01. The van der Waals surface area contributed by atoms with Crippen LogP contribution in [0.2, 0.25) is 0 Å². The van der Waals surface area contributed by atoms with Crippen LogP contribution in [0.5, 0.6) is 0 Å². The Balaban J connectivity index is 1.46. The van der Waals surface area contributed by atoms with E-state index in [4.69, 9.17) is 9.47 Å². The molecule has 0 saturated carbocycles. The van der Waals surface area contributed by atoms with Crippen LogP contribution in [0.4, 0.5) is 0 Å². The number of carbonyl (C=O) groups is 4. The van der Waals surface area contributed by atoms with Gasteiger partial charge in [0.2, 0.25) is 12.7 Å². The molecule has 0 aromatic carbocycles. The van der Waals surface area contributed by atoms with E-state index < -0.39 is 47.4 Å². The van der Waals surface area contributed by atoms with E-state index in [2.05, 4.69) is 31.0 Å². The van der Waals surface area contributed by atoms with Crippen molar-refractivity contribution in [2.24, 2.45) is 5.41 Å². The summed E-state index contributed by atoms with van der Waals surface area (Å²) >= 11 is 4.16. The van der Waals surface area contributed by atoms with Gasteiger partial charge in [-0.05, 0) is 36.8 Å². The number of nitrogens with one attached hydrogen (secondary N) is 1. The summed E-state index contributed by atoms with van der Waals surface area (Å²) in [5.74, 6) is -1.41. The molecule has 36 heavy (non-hydrogen) atoms. The molecule has 2 atom stereocenters. The number of tetrazole rings is 1. The number of rotatable bonds is 9. The number of hydrogen-bond acceptors (Lipinski definition) is 14. The van der Waals surface area contributed by atoms with Crippen LogP contribution in [0.25, 0.3) is 0 Å². The smallest absolute Gasteiger partial charge is 0.357 e. The Labute approximate surface area is 217 Å². The predicted molar refractivity (Wildman–Crippen MR) is 127 cm³/mol. The Hall–Kier alpha value is -3.05. The highest BCUT2D eigenvalue weighted by Crippen LogP contribution is 2.42. The molecule has 2 amide bonds. The van der Waals surface area contributed by atoms with E-state index >= 15 is 0 Å². The molecule has 2 unspecified atom stereocenters. The fraction of sp³-hybridized carbons (Fsp3) is 0.526. The molecule has 1 N–H and O–H groups in total. The number of fused-ring (bicyclic) bond motifs is 1. The molecule has 4 heterocycles. The monoisotopic (exact) mass is 554 g/mol. The van der Waals surface area contributed by atoms with Crippen LogP contribution < -0.4 is 5.32 Å². The van der Waals surface area contributed by atoms with E-state index in [9.17, 15) is 19.2 Å². The topological polar surface area (TPSA) is 171 Å². The van der Waals surface area contributed by atoms with Crippen LogP contribution in [-0.2, 0) is 35.2 Å². The minimum Gasteiger partial charge on any atom is -0.427 e. The van der Waals surface area contributed by atoms with Gasteiger partial charge >= 0.3 is 11.9 Å². The van der Waals surface area contributed by atoms with Crippen molar-refractivity contribution < 1.29 is 28.7 Å². The summed E-state index contributed by atoms with van der Waals surface area (Å²) < 4.78 is 12.2. The lowest BCUT2D eigenvalue weighted by Gasteiger charge is -2.49. The molecule has 0 spiro atoms. The average Bonchev–Trinajstić information content (AvgIpc) is 3.54. The van der Waals surface area contributed by atoms with Crippen LogP contribution >= 0.6 is 34.9 Å². The molecule has 1 saturated heterocycles. The van der Waals surface area contributed by atoms with Crippen molar-refractivity contribution in [2.45, 2.75) is 43.1 Å². The lowest BCUT2D eigenvalue weighted by atomic mass is 9.98. The molecule has 2 aromatic rings. The van der Waals surface area contributed by atoms with Crippen LogP contribution in [-0.4, -0.2) is 88.8 Å². The minimum absolute atomic E-state index is 0.0820. The van der Waals surface area contributed by atoms with Gasteiger partial charge in [0.05, 0.1) is 5.41 Å². The van der Waals surface area contributed by atoms with Crippen LogP contribution in [0.1, 0.15) is 20.8 Å². The quantitative estimate of drug-likeness (QED) is 0.191. The lowest BCUT2D eigenvalue weighted by molar-refractivity contribution is -0.173. The summed E-state index contributed by atoms with van der Waals surface area (Å²) in [6.45, 7) is 4.30. The fourth-order valence-electron chi connectivity index (χ4n) is 3.20. The summed E-state index contributed by atoms with van der Waals surface area (Å²) in [6, 6.07) is -0.821. The largest absolute Gasteiger partial charge is 0.427 e. The number of thioether (sulfide) groups is 2. The molecule has 14 nitrogen and oxygen atoms in total. The first-order chi connectivity index (χ1) is 17.1. The number of esters is 2. The maximum atomic E-state index is 13.1. The van der Waals surface area contributed by atoms with E-state index in [1.54, 1.807) is 26.3 Å². The number of hydrogen-bond donors (Lipinski definition) is 1. The summed E-state index contributed by atoms with van der Waals surface area (Å²) in [4.78, 5) is 51.8. The number of carbonyl (C=O) groups excluding carboxylic acids is 4. The van der Waals surface area contributed by atoms with Crippen molar-refractivity contribution in [3.8, 4) is 0 Å². The molecule has 4 rings (SSSR count). The third-order valence-corrected chi connectivity index (χ3v) is 8.24. The maximum Gasteiger partial charge on any atom is 0.357 e. The number of amides is 2. The van der Waals surface area contributed by atoms with Gasteiger partial charge in [-0.1, -0.05) is 23.1 Å². The van der Waals surface area contributed by atoms with Gasteiger partial charge in [0.15, 0.2) is 4.34 Å². The van der Waals surface area contributed by atoms with Gasteiger partial charge in [-0.15, -0.1) is 27.1 Å². The third kappa shape index (κ3) is 5.84. The zero-order chi connectivity index (χ0) is 25.9. The Morgan fingerprint density at radius 2 is 2.06 bits per heavy atom. The Kier molecular flexibility index (Phi) is 7.89. The van der Waals surface area contributed by atoms with Crippen molar-refractivity contribution >= 4 is 58.6 Å². The zero-order valence-electron chi connectivity index (χ0n) is 19.4. The molecular weight excluding hydrogens is 532 g/mol. The number of β-lactam (4-membered cyclic amide) rings is 1. The van der Waals surface area contributed by atoms with Crippen molar-refractivity contribution in [2.75, 3.05) is 18.3 Å². The molecule has 17 heteroatoms. The highest BCUT2D eigenvalue weighted by atomic mass is 32.2. The average molecular weight is 555 g/mol. The predicted octanol–water partition coefficient (Wildman–Crippen LogP) is 0.0609. The second-order valence-electron chi connectivity index (χ2n) is 8.64. The summed E-state index contributed by atoms with van der Waals surface area (Å²) in [7, 11) is 0. The normalized spacial score (nSPS) is 19.4. The first kappa shape index (κ1) is 26.0. The van der Waals surface area contributed by atoms with E-state index in [1.807, 2.05) is 0 Å². The van der Waals surface area contributed by atoms with Crippen molar-refractivity contribution in [1.82, 2.24) is 40.6 Å². The Morgan fingerprint density at radius 3 is 2.72 bits per heavy atom. The van der Waals surface area contributed by atoms with Crippen LogP contribution in [0, 0.1) is 5.41 Å². The number of ether oxygens (including phenoxy) is 2. The summed E-state index contributed by atoms with van der Waals surface area (Å²) in [5.41, 5.74) is 1.58. The molecule has 2 aromatic heterocycles. The molecule has 192 valence electrons. The fourth-order valence-corrected chi connectivity index (χ4v) is 6.17. The Bertz CT molecular complexity index is 1160. The molecule has 2 aliphatic heterocycles. The zero-order valence-corrected chi connectivity index (χ0v) is 21.9. The molecule has 0 radical (unpaired) electrons. The first-order valence-electron chi connectivity index (χ1n) is 10.6.